The van der Waals surface area contributed by atoms with Crippen molar-refractivity contribution in [2.24, 2.45) is 5.41 Å². The van der Waals surface area contributed by atoms with Crippen molar-refractivity contribution in [3.05, 3.63) is 34.9 Å². The van der Waals surface area contributed by atoms with Crippen LogP contribution >= 0.6 is 11.6 Å². The van der Waals surface area contributed by atoms with E-state index in [9.17, 15) is 9.59 Å². The van der Waals surface area contributed by atoms with E-state index in [0.717, 1.165) is 31.5 Å². The number of carbonyl (C=O) groups excluding carboxylic acids is 2. The van der Waals surface area contributed by atoms with Crippen LogP contribution in [0.25, 0.3) is 0 Å². The van der Waals surface area contributed by atoms with Crippen LogP contribution in [0.2, 0.25) is 5.02 Å². The third kappa shape index (κ3) is 2.94. The van der Waals surface area contributed by atoms with Gasteiger partial charge in [0.25, 0.3) is 0 Å². The predicted octanol–water partition coefficient (Wildman–Crippen LogP) is 1.42. The summed E-state index contributed by atoms with van der Waals surface area (Å²) in [6.07, 6.45) is 3.25. The van der Waals surface area contributed by atoms with E-state index in [1.165, 1.54) is 0 Å². The Morgan fingerprint density at radius 1 is 1.22 bits per heavy atom. The highest BCUT2D eigenvalue weighted by molar-refractivity contribution is 6.31. The van der Waals surface area contributed by atoms with E-state index >= 15 is 0 Å². The van der Waals surface area contributed by atoms with Crippen molar-refractivity contribution in [3.8, 4) is 0 Å². The number of carbonyl (C=O) groups is 2. The van der Waals surface area contributed by atoms with Crippen LogP contribution in [0.1, 0.15) is 31.2 Å². The molecule has 1 aliphatic carbocycles. The molecule has 0 atom stereocenters. The maximum atomic E-state index is 12.7. The summed E-state index contributed by atoms with van der Waals surface area (Å²) in [4.78, 5) is 25.1. The summed E-state index contributed by atoms with van der Waals surface area (Å²) < 4.78 is 6.56. The molecule has 146 valence electrons. The largest absolute Gasteiger partial charge is 0.365 e. The molecule has 0 aromatic heterocycles. The van der Waals surface area contributed by atoms with E-state index < -0.39 is 16.6 Å². The van der Waals surface area contributed by atoms with Crippen molar-refractivity contribution in [1.82, 2.24) is 16.0 Å². The number of hydrogen-bond donors (Lipinski definition) is 3. The molecule has 1 aromatic carbocycles. The molecule has 1 saturated carbocycles. The van der Waals surface area contributed by atoms with E-state index in [1.807, 2.05) is 18.2 Å². The number of ether oxygens (including phenoxy) is 1. The van der Waals surface area contributed by atoms with E-state index in [4.69, 9.17) is 16.3 Å². The maximum absolute atomic E-state index is 12.7. The molecule has 6 nitrogen and oxygen atoms in total. The Labute approximate surface area is 164 Å². The van der Waals surface area contributed by atoms with Gasteiger partial charge in [-0.15, -0.1) is 0 Å². The van der Waals surface area contributed by atoms with Crippen LogP contribution in [0, 0.1) is 5.41 Å². The summed E-state index contributed by atoms with van der Waals surface area (Å²) >= 11 is 6.14. The molecule has 3 aliphatic heterocycles. The monoisotopic (exact) mass is 391 g/mol. The Morgan fingerprint density at radius 2 is 1.93 bits per heavy atom. The van der Waals surface area contributed by atoms with Gasteiger partial charge in [-0.3, -0.25) is 9.59 Å². The standard InChI is InChI=1S/C20H26ClN3O3/c1-22-17(26)19-11-18(12-19,27-20(19)6-8-23-9-7-20)13-24-16(25)10-14-4-2-3-5-15(14)21/h2-5,23H,6-13H2,1H3,(H,22,26)(H,24,25). The minimum Gasteiger partial charge on any atom is -0.365 e. The second-order valence-corrected chi connectivity index (χ2v) is 8.50. The zero-order valence-electron chi connectivity index (χ0n) is 15.6. The van der Waals surface area contributed by atoms with Crippen molar-refractivity contribution in [3.63, 3.8) is 0 Å². The van der Waals surface area contributed by atoms with Gasteiger partial charge >= 0.3 is 0 Å². The van der Waals surface area contributed by atoms with Crippen molar-refractivity contribution in [2.45, 2.75) is 43.3 Å². The zero-order valence-corrected chi connectivity index (χ0v) is 16.3. The first-order chi connectivity index (χ1) is 12.9. The fraction of sp³-hybridized carbons (Fsp3) is 0.600. The number of benzene rings is 1. The number of hydrogen-bond acceptors (Lipinski definition) is 4. The number of piperidine rings is 1. The lowest BCUT2D eigenvalue weighted by Gasteiger charge is -2.47. The molecular weight excluding hydrogens is 366 g/mol. The summed E-state index contributed by atoms with van der Waals surface area (Å²) in [5.74, 6) is -0.00954. The highest BCUT2D eigenvalue weighted by Crippen LogP contribution is 2.68. The lowest BCUT2D eigenvalue weighted by atomic mass is 9.53. The summed E-state index contributed by atoms with van der Waals surface area (Å²) in [6, 6.07) is 7.36. The molecular formula is C20H26ClN3O3. The van der Waals surface area contributed by atoms with Crippen LogP contribution in [0.4, 0.5) is 0 Å². The first kappa shape index (κ1) is 18.7. The van der Waals surface area contributed by atoms with Crippen LogP contribution < -0.4 is 16.0 Å². The van der Waals surface area contributed by atoms with Crippen LogP contribution in [0.15, 0.2) is 24.3 Å². The highest BCUT2D eigenvalue weighted by atomic mass is 35.5. The van der Waals surface area contributed by atoms with Gasteiger partial charge in [0.15, 0.2) is 0 Å². The van der Waals surface area contributed by atoms with Crippen molar-refractivity contribution >= 4 is 23.4 Å². The number of halogens is 1. The fourth-order valence-corrected chi connectivity index (χ4v) is 5.47. The first-order valence-corrected chi connectivity index (χ1v) is 9.95. The minimum atomic E-state index is -0.461. The molecule has 4 aliphatic rings. The average Bonchev–Trinajstić information content (AvgIpc) is 3.06. The van der Waals surface area contributed by atoms with E-state index in [0.29, 0.717) is 24.4 Å². The molecule has 0 unspecified atom stereocenters. The van der Waals surface area contributed by atoms with Crippen molar-refractivity contribution < 1.29 is 14.3 Å². The van der Waals surface area contributed by atoms with E-state index in [-0.39, 0.29) is 18.2 Å². The molecule has 0 radical (unpaired) electrons. The van der Waals surface area contributed by atoms with Crippen LogP contribution in [-0.4, -0.2) is 49.7 Å². The lowest BCUT2D eigenvalue weighted by molar-refractivity contribution is -0.140. The Morgan fingerprint density at radius 3 is 2.59 bits per heavy atom. The molecule has 1 spiro atoms. The van der Waals surface area contributed by atoms with E-state index in [2.05, 4.69) is 16.0 Å². The second-order valence-electron chi connectivity index (χ2n) is 8.09. The molecule has 3 saturated heterocycles. The Balaban J connectivity index is 1.43. The summed E-state index contributed by atoms with van der Waals surface area (Å²) in [7, 11) is 1.69. The molecule has 2 bridgehead atoms. The van der Waals surface area contributed by atoms with Gasteiger partial charge in [-0.05, 0) is 50.4 Å². The Kier molecular flexibility index (Phi) is 4.69. The summed E-state index contributed by atoms with van der Waals surface area (Å²) in [6.45, 7) is 2.14. The quantitative estimate of drug-likeness (QED) is 0.709. The third-order valence-electron chi connectivity index (χ3n) is 6.52. The number of nitrogens with one attached hydrogen (secondary N) is 3. The van der Waals surface area contributed by atoms with Gasteiger partial charge in [-0.25, -0.2) is 0 Å². The normalized spacial score (nSPS) is 30.6. The predicted molar refractivity (Wildman–Crippen MR) is 103 cm³/mol. The van der Waals surface area contributed by atoms with Crippen molar-refractivity contribution in [1.29, 1.82) is 0 Å². The number of amides is 2. The van der Waals surface area contributed by atoms with Gasteiger partial charge in [0.2, 0.25) is 11.8 Å². The van der Waals surface area contributed by atoms with Gasteiger partial charge in [0, 0.05) is 18.6 Å². The summed E-state index contributed by atoms with van der Waals surface area (Å²) in [5.41, 5.74) is -0.493. The maximum Gasteiger partial charge on any atom is 0.229 e. The highest BCUT2D eigenvalue weighted by Gasteiger charge is 2.77. The SMILES string of the molecule is CNC(=O)C12CC(CNC(=O)Cc3ccccc3Cl)(C1)OC21CCNCC1. The van der Waals surface area contributed by atoms with Gasteiger partial charge in [0.05, 0.1) is 23.0 Å². The fourth-order valence-electron chi connectivity index (χ4n) is 5.27. The topological polar surface area (TPSA) is 79.5 Å². The van der Waals surface area contributed by atoms with Gasteiger partial charge in [-0.1, -0.05) is 29.8 Å². The molecule has 5 rings (SSSR count). The molecule has 3 N–H and O–H groups in total. The smallest absolute Gasteiger partial charge is 0.229 e. The van der Waals surface area contributed by atoms with Crippen LogP contribution in [0.5, 0.6) is 0 Å². The van der Waals surface area contributed by atoms with Crippen LogP contribution in [-0.2, 0) is 20.7 Å². The first-order valence-electron chi connectivity index (χ1n) is 9.58. The molecule has 4 fully saturated rings. The molecule has 2 amide bonds. The van der Waals surface area contributed by atoms with Gasteiger partial charge in [0.1, 0.15) is 0 Å². The van der Waals surface area contributed by atoms with Crippen LogP contribution in [0.3, 0.4) is 0 Å². The molecule has 1 aromatic rings. The van der Waals surface area contributed by atoms with E-state index in [1.54, 1.807) is 13.1 Å². The lowest BCUT2D eigenvalue weighted by Crippen LogP contribution is -2.61. The third-order valence-corrected chi connectivity index (χ3v) is 6.89. The Hall–Kier alpha value is -1.63. The molecule has 3 heterocycles. The van der Waals surface area contributed by atoms with Gasteiger partial charge in [-0.2, -0.15) is 0 Å². The number of rotatable bonds is 5. The summed E-state index contributed by atoms with van der Waals surface area (Å²) in [5, 5.41) is 9.79. The second kappa shape index (κ2) is 6.76. The molecule has 27 heavy (non-hydrogen) atoms. The van der Waals surface area contributed by atoms with Gasteiger partial charge < -0.3 is 20.7 Å². The molecule has 7 heteroatoms. The van der Waals surface area contributed by atoms with Crippen molar-refractivity contribution in [2.75, 3.05) is 26.7 Å². The Bertz CT molecular complexity index is 755. The average molecular weight is 392 g/mol. The minimum absolute atomic E-state index is 0.0694. The zero-order chi connectivity index (χ0) is 19.1.